The van der Waals surface area contributed by atoms with E-state index in [9.17, 15) is 0 Å². The quantitative estimate of drug-likeness (QED) is 0.267. The lowest BCUT2D eigenvalue weighted by Crippen LogP contribution is -1.99. The number of thioether (sulfide) groups is 1. The average Bonchev–Trinajstić information content (AvgIpc) is 3.03. The summed E-state index contributed by atoms with van der Waals surface area (Å²) in [4.78, 5) is 4.91. The third-order valence-electron chi connectivity index (χ3n) is 5.07. The van der Waals surface area contributed by atoms with Crippen LogP contribution >= 0.6 is 11.8 Å². The Balaban J connectivity index is 2.07. The Bertz CT molecular complexity index is 933. The normalized spacial score (nSPS) is 12.3. The van der Waals surface area contributed by atoms with E-state index in [4.69, 9.17) is 4.98 Å². The van der Waals surface area contributed by atoms with Crippen LogP contribution in [0.1, 0.15) is 67.2 Å². The lowest BCUT2D eigenvalue weighted by molar-refractivity contribution is 0.740. The molecule has 0 bridgehead atoms. The molecule has 2 rings (SSSR count). The fraction of sp³-hybridized carbons (Fsp3) is 0.444. The Morgan fingerprint density at radius 2 is 1.43 bits per heavy atom. The van der Waals surface area contributed by atoms with Crippen molar-refractivity contribution in [3.8, 4) is 0 Å². The van der Waals surface area contributed by atoms with E-state index >= 15 is 0 Å². The number of aromatic nitrogens is 2. The lowest BCUT2D eigenvalue weighted by atomic mass is 10.1. The van der Waals surface area contributed by atoms with Crippen molar-refractivity contribution in [3.05, 3.63) is 70.9 Å². The van der Waals surface area contributed by atoms with Gasteiger partial charge in [-0.15, -0.1) is 0 Å². The maximum absolute atomic E-state index is 4.91. The summed E-state index contributed by atoms with van der Waals surface area (Å²) >= 11 is 1.84. The first-order chi connectivity index (χ1) is 14.4. The topological polar surface area (TPSA) is 17.8 Å². The molecule has 1 aromatic carbocycles. The largest absolute Gasteiger partial charge is 0.315 e. The predicted molar refractivity (Wildman–Crippen MR) is 135 cm³/mol. The van der Waals surface area contributed by atoms with Crippen LogP contribution in [-0.4, -0.2) is 15.3 Å². The van der Waals surface area contributed by atoms with Crippen LogP contribution in [0.4, 0.5) is 0 Å². The molecular formula is C27H38N2S. The van der Waals surface area contributed by atoms with Crippen molar-refractivity contribution in [1.82, 2.24) is 9.55 Å². The molecule has 0 unspecified atom stereocenters. The summed E-state index contributed by atoms with van der Waals surface area (Å²) in [5.41, 5.74) is 7.99. The van der Waals surface area contributed by atoms with E-state index in [2.05, 4.69) is 94.7 Å². The first kappa shape index (κ1) is 24.3. The van der Waals surface area contributed by atoms with Gasteiger partial charge in [0.1, 0.15) is 0 Å². The number of fused-ring (bicyclic) bond motifs is 1. The van der Waals surface area contributed by atoms with Crippen LogP contribution in [0, 0.1) is 0 Å². The number of nitrogens with zero attached hydrogens (tertiary/aromatic N) is 2. The Morgan fingerprint density at radius 1 is 0.833 bits per heavy atom. The van der Waals surface area contributed by atoms with Gasteiger partial charge in [0.15, 0.2) is 5.16 Å². The van der Waals surface area contributed by atoms with Crippen molar-refractivity contribution in [2.24, 2.45) is 0 Å². The van der Waals surface area contributed by atoms with Crippen molar-refractivity contribution in [2.45, 2.75) is 78.9 Å². The van der Waals surface area contributed by atoms with Gasteiger partial charge in [-0.3, -0.25) is 0 Å². The molecule has 1 aromatic heterocycles. The predicted octanol–water partition coefficient (Wildman–Crippen LogP) is 8.51. The second-order valence-electron chi connectivity index (χ2n) is 8.55. The molecule has 0 saturated heterocycles. The fourth-order valence-corrected chi connectivity index (χ4v) is 4.24. The van der Waals surface area contributed by atoms with Gasteiger partial charge in [0.25, 0.3) is 0 Å². The maximum atomic E-state index is 4.91. The van der Waals surface area contributed by atoms with Crippen LogP contribution in [0.2, 0.25) is 0 Å². The third kappa shape index (κ3) is 8.39. The first-order valence-corrected chi connectivity index (χ1v) is 12.0. The molecule has 3 heteroatoms. The first-order valence-electron chi connectivity index (χ1n) is 11.0. The third-order valence-corrected chi connectivity index (χ3v) is 5.97. The van der Waals surface area contributed by atoms with E-state index in [1.165, 1.54) is 27.8 Å². The van der Waals surface area contributed by atoms with Gasteiger partial charge in [0, 0.05) is 12.3 Å². The molecule has 0 amide bonds. The fourth-order valence-electron chi connectivity index (χ4n) is 3.23. The molecule has 0 fully saturated rings. The van der Waals surface area contributed by atoms with E-state index in [0.29, 0.717) is 0 Å². The Labute approximate surface area is 187 Å². The standard InChI is InChI=1S/C27H38N2S/c1-21(2)11-9-13-23(5)17-19-29-26-16-8-7-15-25(26)28-27(29)30-20-18-24(6)14-10-12-22(3)4/h7-8,11-12,15-18H,9-10,13-14,19-20H2,1-6H3/b23-17-,24-18?. The Morgan fingerprint density at radius 3 is 2.07 bits per heavy atom. The van der Waals surface area contributed by atoms with Gasteiger partial charge in [-0.2, -0.15) is 0 Å². The molecule has 0 radical (unpaired) electrons. The van der Waals surface area contributed by atoms with Gasteiger partial charge >= 0.3 is 0 Å². The minimum atomic E-state index is 0.882. The molecule has 0 aliphatic rings. The van der Waals surface area contributed by atoms with E-state index in [0.717, 1.165) is 48.7 Å². The Hall–Kier alpha value is -2.00. The van der Waals surface area contributed by atoms with Gasteiger partial charge in [0.05, 0.1) is 11.0 Å². The molecular weight excluding hydrogens is 384 g/mol. The summed E-state index contributed by atoms with van der Waals surface area (Å²) in [7, 11) is 0. The minimum absolute atomic E-state index is 0.882. The molecule has 0 spiro atoms. The van der Waals surface area contributed by atoms with Gasteiger partial charge in [-0.05, 0) is 79.4 Å². The molecule has 162 valence electrons. The zero-order valence-electron chi connectivity index (χ0n) is 19.7. The molecule has 1 heterocycles. The summed E-state index contributed by atoms with van der Waals surface area (Å²) in [6.07, 6.45) is 13.8. The number of hydrogen-bond acceptors (Lipinski definition) is 2. The summed E-state index contributed by atoms with van der Waals surface area (Å²) < 4.78 is 2.36. The lowest BCUT2D eigenvalue weighted by Gasteiger charge is -2.07. The van der Waals surface area contributed by atoms with Crippen LogP contribution in [0.3, 0.4) is 0 Å². The molecule has 2 aromatic rings. The minimum Gasteiger partial charge on any atom is -0.315 e. The molecule has 0 N–H and O–H groups in total. The summed E-state index contributed by atoms with van der Waals surface area (Å²) in [5.74, 6) is 0.966. The highest BCUT2D eigenvalue weighted by molar-refractivity contribution is 7.99. The van der Waals surface area contributed by atoms with Crippen LogP contribution in [-0.2, 0) is 6.54 Å². The van der Waals surface area contributed by atoms with Crippen molar-refractivity contribution in [3.63, 3.8) is 0 Å². The average molecular weight is 423 g/mol. The Kier molecular flexibility index (Phi) is 10.2. The van der Waals surface area contributed by atoms with Crippen LogP contribution in [0.25, 0.3) is 11.0 Å². The van der Waals surface area contributed by atoms with Crippen molar-refractivity contribution < 1.29 is 0 Å². The molecule has 0 saturated carbocycles. The van der Waals surface area contributed by atoms with Crippen molar-refractivity contribution in [2.75, 3.05) is 5.75 Å². The van der Waals surface area contributed by atoms with Gasteiger partial charge in [-0.25, -0.2) is 4.98 Å². The van der Waals surface area contributed by atoms with Crippen molar-refractivity contribution in [1.29, 1.82) is 0 Å². The number of para-hydroxylation sites is 2. The number of imidazole rings is 1. The van der Waals surface area contributed by atoms with Gasteiger partial charge in [0.2, 0.25) is 0 Å². The van der Waals surface area contributed by atoms with E-state index in [-0.39, 0.29) is 0 Å². The number of benzene rings is 1. The molecule has 0 atom stereocenters. The second-order valence-corrected chi connectivity index (χ2v) is 9.53. The monoisotopic (exact) mass is 422 g/mol. The number of hydrogen-bond donors (Lipinski definition) is 0. The maximum Gasteiger partial charge on any atom is 0.169 e. The summed E-state index contributed by atoms with van der Waals surface area (Å²) in [6.45, 7) is 14.0. The molecule has 0 aliphatic heterocycles. The zero-order valence-corrected chi connectivity index (χ0v) is 20.5. The van der Waals surface area contributed by atoms with E-state index in [1.54, 1.807) is 0 Å². The SMILES string of the molecule is CC(C)=CCCC(C)=CCSc1nc2ccccc2n1C/C=C(/C)CCC=C(C)C. The van der Waals surface area contributed by atoms with Crippen LogP contribution in [0.5, 0.6) is 0 Å². The number of allylic oxidation sites excluding steroid dienone is 7. The van der Waals surface area contributed by atoms with Crippen molar-refractivity contribution >= 4 is 22.8 Å². The highest BCUT2D eigenvalue weighted by Crippen LogP contribution is 2.25. The van der Waals surface area contributed by atoms with Crippen LogP contribution in [0.15, 0.2) is 76.0 Å². The highest BCUT2D eigenvalue weighted by Gasteiger charge is 2.09. The molecule has 0 aliphatic carbocycles. The highest BCUT2D eigenvalue weighted by atomic mass is 32.2. The molecule has 2 nitrogen and oxygen atoms in total. The summed E-state index contributed by atoms with van der Waals surface area (Å²) in [6, 6.07) is 8.47. The number of rotatable bonds is 11. The van der Waals surface area contributed by atoms with Gasteiger partial charge in [-0.1, -0.05) is 70.5 Å². The van der Waals surface area contributed by atoms with Crippen LogP contribution < -0.4 is 0 Å². The van der Waals surface area contributed by atoms with E-state index < -0.39 is 0 Å². The smallest absolute Gasteiger partial charge is 0.169 e. The molecule has 30 heavy (non-hydrogen) atoms. The summed E-state index contributed by atoms with van der Waals surface area (Å²) in [5, 5.41) is 1.11. The van der Waals surface area contributed by atoms with E-state index in [1.807, 2.05) is 11.8 Å². The second kappa shape index (κ2) is 12.6. The zero-order chi connectivity index (χ0) is 21.9. The van der Waals surface area contributed by atoms with Gasteiger partial charge < -0.3 is 4.57 Å².